The molecule has 124 valence electrons. The van der Waals surface area contributed by atoms with Gasteiger partial charge < -0.3 is 14.2 Å². The van der Waals surface area contributed by atoms with E-state index in [1.54, 1.807) is 13.2 Å². The first-order chi connectivity index (χ1) is 10.3. The van der Waals surface area contributed by atoms with Crippen molar-refractivity contribution in [3.05, 3.63) is 23.0 Å². The normalized spacial score (nSPS) is 15.0. The number of hydrogen-bond donors (Lipinski definition) is 0. The highest BCUT2D eigenvalue weighted by atomic mass is 16.5. The van der Waals surface area contributed by atoms with Crippen molar-refractivity contribution in [1.29, 1.82) is 0 Å². The second kappa shape index (κ2) is 8.61. The summed E-state index contributed by atoms with van der Waals surface area (Å²) < 4.78 is 15.7. The number of rotatable bonds is 7. The molecule has 0 bridgehead atoms. The minimum atomic E-state index is -0.465. The Morgan fingerprint density at radius 2 is 1.50 bits per heavy atom. The molecule has 0 saturated carbocycles. The molecule has 22 heavy (non-hydrogen) atoms. The number of allylic oxidation sites excluding steroid dienone is 2. The zero-order chi connectivity index (χ0) is 16.7. The average Bonchev–Trinajstić information content (AvgIpc) is 2.49. The maximum atomic E-state index is 12.2. The summed E-state index contributed by atoms with van der Waals surface area (Å²) in [6, 6.07) is 0. The molecule has 0 atom stereocenters. The lowest BCUT2D eigenvalue weighted by Gasteiger charge is -2.19. The fourth-order valence-electron chi connectivity index (χ4n) is 1.91. The molecular weight excluding hydrogens is 284 g/mol. The van der Waals surface area contributed by atoms with Crippen LogP contribution < -0.4 is 0 Å². The number of carbonyl (C=O) groups excluding carboxylic acids is 2. The highest BCUT2D eigenvalue weighted by molar-refractivity contribution is 6.01. The lowest BCUT2D eigenvalue weighted by atomic mass is 9.95. The van der Waals surface area contributed by atoms with Crippen LogP contribution in [0.1, 0.15) is 40.5 Å². The van der Waals surface area contributed by atoms with Crippen molar-refractivity contribution in [2.45, 2.75) is 40.5 Å². The van der Waals surface area contributed by atoms with E-state index < -0.39 is 11.9 Å². The summed E-state index contributed by atoms with van der Waals surface area (Å²) in [6.07, 6.45) is 2.39. The van der Waals surface area contributed by atoms with E-state index >= 15 is 0 Å². The van der Waals surface area contributed by atoms with Gasteiger partial charge >= 0.3 is 11.9 Å². The average molecular weight is 310 g/mol. The third-order valence-corrected chi connectivity index (χ3v) is 3.10. The molecule has 1 aliphatic carbocycles. The molecule has 0 fully saturated rings. The van der Waals surface area contributed by atoms with Crippen molar-refractivity contribution in [3.63, 3.8) is 0 Å². The second-order valence-corrected chi connectivity index (χ2v) is 6.20. The minimum absolute atomic E-state index is 0.238. The zero-order valence-electron chi connectivity index (χ0n) is 14.1. The first-order valence-corrected chi connectivity index (χ1v) is 7.64. The predicted octanol–water partition coefficient (Wildman–Crippen LogP) is 3.01. The first kappa shape index (κ1) is 18.3. The molecule has 0 amide bonds. The van der Waals surface area contributed by atoms with Gasteiger partial charge in [0.1, 0.15) is 0 Å². The standard InChI is InChI=1S/C17H26O5/c1-11(2)9-21-16(18)14-7-6-13(20-5)8-15(14)17(19)22-10-12(3)4/h6,11-12H,7-10H2,1-5H3. The van der Waals surface area contributed by atoms with Crippen LogP contribution in [-0.2, 0) is 23.8 Å². The summed E-state index contributed by atoms with van der Waals surface area (Å²) in [5.41, 5.74) is 0.712. The Morgan fingerprint density at radius 3 is 1.95 bits per heavy atom. The van der Waals surface area contributed by atoms with Crippen LogP contribution in [0.15, 0.2) is 23.0 Å². The molecule has 5 nitrogen and oxygen atoms in total. The van der Waals surface area contributed by atoms with E-state index in [-0.39, 0.29) is 18.3 Å². The SMILES string of the molecule is COC1=CCC(C(=O)OCC(C)C)=C(C(=O)OCC(C)C)C1. The maximum absolute atomic E-state index is 12.2. The van der Waals surface area contributed by atoms with Crippen LogP contribution in [0.25, 0.3) is 0 Å². The summed E-state index contributed by atoms with van der Waals surface area (Å²) in [4.78, 5) is 24.4. The van der Waals surface area contributed by atoms with Gasteiger partial charge in [0, 0.05) is 12.8 Å². The lowest BCUT2D eigenvalue weighted by molar-refractivity contribution is -0.143. The Hall–Kier alpha value is -1.78. The molecule has 0 unspecified atom stereocenters. The molecule has 0 spiro atoms. The zero-order valence-corrected chi connectivity index (χ0v) is 14.1. The van der Waals surface area contributed by atoms with E-state index in [4.69, 9.17) is 14.2 Å². The van der Waals surface area contributed by atoms with Crippen molar-refractivity contribution >= 4 is 11.9 Å². The number of esters is 2. The molecule has 0 heterocycles. The monoisotopic (exact) mass is 310 g/mol. The Labute approximate surface area is 132 Å². The van der Waals surface area contributed by atoms with Gasteiger partial charge in [-0.2, -0.15) is 0 Å². The van der Waals surface area contributed by atoms with E-state index in [9.17, 15) is 9.59 Å². The fraction of sp³-hybridized carbons (Fsp3) is 0.647. The largest absolute Gasteiger partial charge is 0.501 e. The van der Waals surface area contributed by atoms with Gasteiger partial charge in [-0.1, -0.05) is 27.7 Å². The molecular formula is C17H26O5. The number of hydrogen-bond acceptors (Lipinski definition) is 5. The first-order valence-electron chi connectivity index (χ1n) is 7.64. The van der Waals surface area contributed by atoms with Gasteiger partial charge in [-0.15, -0.1) is 0 Å². The number of ether oxygens (including phenoxy) is 3. The van der Waals surface area contributed by atoms with Crippen LogP contribution in [0.2, 0.25) is 0 Å². The Morgan fingerprint density at radius 1 is 1.00 bits per heavy atom. The smallest absolute Gasteiger partial charge is 0.335 e. The summed E-state index contributed by atoms with van der Waals surface area (Å²) in [5.74, 6) is 0.234. The summed E-state index contributed by atoms with van der Waals surface area (Å²) >= 11 is 0. The van der Waals surface area contributed by atoms with Crippen molar-refractivity contribution < 1.29 is 23.8 Å². The van der Waals surface area contributed by atoms with E-state index in [0.29, 0.717) is 36.5 Å². The molecule has 0 radical (unpaired) electrons. The van der Waals surface area contributed by atoms with Crippen LogP contribution in [-0.4, -0.2) is 32.3 Å². The van der Waals surface area contributed by atoms with Crippen molar-refractivity contribution in [1.82, 2.24) is 0 Å². The number of methoxy groups -OCH3 is 1. The quantitative estimate of drug-likeness (QED) is 0.676. The molecule has 0 N–H and O–H groups in total. The summed E-state index contributed by atoms with van der Waals surface area (Å²) in [5, 5.41) is 0. The van der Waals surface area contributed by atoms with E-state index in [1.807, 2.05) is 27.7 Å². The van der Waals surface area contributed by atoms with Gasteiger partial charge in [0.25, 0.3) is 0 Å². The summed E-state index contributed by atoms with van der Waals surface area (Å²) in [7, 11) is 1.55. The molecule has 0 aromatic carbocycles. The van der Waals surface area contributed by atoms with Crippen LogP contribution in [0.3, 0.4) is 0 Å². The molecule has 5 heteroatoms. The Bertz CT molecular complexity index is 471. The van der Waals surface area contributed by atoms with Crippen LogP contribution in [0.5, 0.6) is 0 Å². The van der Waals surface area contributed by atoms with E-state index in [0.717, 1.165) is 0 Å². The van der Waals surface area contributed by atoms with Crippen LogP contribution >= 0.6 is 0 Å². The Balaban J connectivity index is 2.88. The van der Waals surface area contributed by atoms with Crippen molar-refractivity contribution in [2.75, 3.05) is 20.3 Å². The third kappa shape index (κ3) is 5.54. The topological polar surface area (TPSA) is 61.8 Å². The molecule has 0 aromatic rings. The van der Waals surface area contributed by atoms with Crippen LogP contribution in [0, 0.1) is 11.8 Å². The molecule has 1 rings (SSSR count). The minimum Gasteiger partial charge on any atom is -0.501 e. The highest BCUT2D eigenvalue weighted by Crippen LogP contribution is 2.27. The Kier molecular flexibility index (Phi) is 7.15. The van der Waals surface area contributed by atoms with Gasteiger partial charge in [0.15, 0.2) is 0 Å². The van der Waals surface area contributed by atoms with Crippen molar-refractivity contribution in [3.8, 4) is 0 Å². The van der Waals surface area contributed by atoms with Crippen LogP contribution in [0.4, 0.5) is 0 Å². The lowest BCUT2D eigenvalue weighted by Crippen LogP contribution is -2.21. The van der Waals surface area contributed by atoms with Gasteiger partial charge in [0.2, 0.25) is 0 Å². The van der Waals surface area contributed by atoms with Gasteiger partial charge in [-0.3, -0.25) is 0 Å². The van der Waals surface area contributed by atoms with Gasteiger partial charge in [-0.25, -0.2) is 9.59 Å². The summed E-state index contributed by atoms with van der Waals surface area (Å²) in [6.45, 7) is 8.49. The van der Waals surface area contributed by atoms with E-state index in [1.165, 1.54) is 0 Å². The molecule has 0 saturated heterocycles. The maximum Gasteiger partial charge on any atom is 0.335 e. The number of carbonyl (C=O) groups is 2. The highest BCUT2D eigenvalue weighted by Gasteiger charge is 2.27. The van der Waals surface area contributed by atoms with Gasteiger partial charge in [0.05, 0.1) is 37.2 Å². The predicted molar refractivity (Wildman–Crippen MR) is 82.9 cm³/mol. The second-order valence-electron chi connectivity index (χ2n) is 6.20. The van der Waals surface area contributed by atoms with E-state index in [2.05, 4.69) is 0 Å². The third-order valence-electron chi connectivity index (χ3n) is 3.10. The molecule has 1 aliphatic rings. The molecule has 0 aliphatic heterocycles. The van der Waals surface area contributed by atoms with Crippen molar-refractivity contribution in [2.24, 2.45) is 11.8 Å². The van der Waals surface area contributed by atoms with Gasteiger partial charge in [-0.05, 0) is 17.9 Å². The fourth-order valence-corrected chi connectivity index (χ4v) is 1.91. The molecule has 0 aromatic heterocycles.